The summed E-state index contributed by atoms with van der Waals surface area (Å²) in [5.74, 6) is 0. The van der Waals surface area contributed by atoms with E-state index in [-0.39, 0.29) is 0 Å². The van der Waals surface area contributed by atoms with Gasteiger partial charge in [0.15, 0.2) is 0 Å². The van der Waals surface area contributed by atoms with Crippen LogP contribution in [-0.4, -0.2) is 0 Å². The molecule has 0 atom stereocenters. The molecule has 6 aromatic rings. The Balaban J connectivity index is 1.52. The molecule has 0 nitrogen and oxygen atoms in total. The van der Waals surface area contributed by atoms with Crippen LogP contribution in [0.4, 0.5) is 0 Å². The van der Waals surface area contributed by atoms with E-state index in [9.17, 15) is 0 Å². The lowest BCUT2D eigenvalue weighted by Crippen LogP contribution is -2.25. The van der Waals surface area contributed by atoms with Crippen LogP contribution in [0.3, 0.4) is 0 Å². The molecule has 0 amide bonds. The maximum atomic E-state index is 2.49. The summed E-state index contributed by atoms with van der Waals surface area (Å²) in [7, 11) is -0.962. The van der Waals surface area contributed by atoms with Crippen LogP contribution in [-0.2, 0) is 24.6 Å². The second-order valence-corrected chi connectivity index (χ2v) is 14.7. The number of benzene rings is 6. The van der Waals surface area contributed by atoms with Gasteiger partial charge in [0, 0.05) is 0 Å². The predicted molar refractivity (Wildman–Crippen MR) is 178 cm³/mol. The Morgan fingerprint density at radius 3 is 1.15 bits per heavy atom. The molecule has 0 aromatic heterocycles. The van der Waals surface area contributed by atoms with Gasteiger partial charge in [0.25, 0.3) is 0 Å². The fraction of sp³-hybridized carbons (Fsp3) is 0.105. The Morgan fingerprint density at radius 2 is 0.700 bits per heavy atom. The molecular weight excluding hydrogens is 518 g/mol. The second-order valence-electron chi connectivity index (χ2n) is 10.3. The van der Waals surface area contributed by atoms with Crippen LogP contribution in [0, 0.1) is 0 Å². The Hall–Kier alpha value is -3.56. The van der Waals surface area contributed by atoms with Crippen LogP contribution in [0.5, 0.6) is 0 Å². The smallest absolute Gasteiger partial charge is 0.00294 e. The van der Waals surface area contributed by atoms with E-state index in [2.05, 4.69) is 158 Å². The third-order valence-electron chi connectivity index (χ3n) is 7.40. The molecule has 6 rings (SSSR count). The first-order valence-electron chi connectivity index (χ1n) is 14.0. The molecule has 0 spiro atoms. The van der Waals surface area contributed by atoms with Gasteiger partial charge in [-0.15, -0.1) is 0 Å². The largest absolute Gasteiger partial charge is 0.0656 e. The van der Waals surface area contributed by atoms with Gasteiger partial charge in [-0.05, 0) is 68.3 Å². The molecule has 0 radical (unpaired) electrons. The van der Waals surface area contributed by atoms with Gasteiger partial charge in [0.1, 0.15) is 0 Å². The highest BCUT2D eigenvalue weighted by Gasteiger charge is 2.24. The van der Waals surface area contributed by atoms with E-state index in [0.717, 1.165) is 24.6 Å². The van der Waals surface area contributed by atoms with Crippen molar-refractivity contribution in [3.05, 3.63) is 180 Å². The van der Waals surface area contributed by atoms with Crippen molar-refractivity contribution in [1.82, 2.24) is 0 Å². The minimum absolute atomic E-state index is 0.468. The minimum atomic E-state index is -0.494. The maximum Gasteiger partial charge on any atom is -0.00294 e. The molecule has 0 bridgehead atoms. The van der Waals surface area contributed by atoms with Crippen molar-refractivity contribution >= 4 is 37.2 Å². The van der Waals surface area contributed by atoms with Crippen LogP contribution in [0.1, 0.15) is 22.3 Å². The van der Waals surface area contributed by atoms with Crippen LogP contribution < -0.4 is 10.6 Å². The summed E-state index contributed by atoms with van der Waals surface area (Å²) in [6.45, 7) is 0. The molecular formula is C38H34P2. The van der Waals surface area contributed by atoms with E-state index >= 15 is 0 Å². The fourth-order valence-corrected chi connectivity index (χ4v) is 11.5. The van der Waals surface area contributed by atoms with Crippen molar-refractivity contribution in [2.75, 3.05) is 0 Å². The molecule has 0 saturated carbocycles. The van der Waals surface area contributed by atoms with E-state index in [1.807, 2.05) is 0 Å². The summed E-state index contributed by atoms with van der Waals surface area (Å²) in [4.78, 5) is 0. The topological polar surface area (TPSA) is 0 Å². The minimum Gasteiger partial charge on any atom is -0.0656 e. The quantitative estimate of drug-likeness (QED) is 0.148. The average molecular weight is 553 g/mol. The molecule has 0 aliphatic rings. The summed E-state index contributed by atoms with van der Waals surface area (Å²) >= 11 is 0. The highest BCUT2D eigenvalue weighted by atomic mass is 31.1. The molecule has 0 aliphatic carbocycles. The SMILES string of the molecule is c1ccc(CP(Cc2ccccc2)c2ccc3ccccc3c2P(Cc2ccccc2)Cc2ccccc2)cc1. The predicted octanol–water partition coefficient (Wildman–Crippen LogP) is 9.85. The number of hydrogen-bond acceptors (Lipinski definition) is 0. The molecule has 6 aromatic carbocycles. The molecule has 196 valence electrons. The van der Waals surface area contributed by atoms with Crippen LogP contribution >= 0.6 is 15.8 Å². The summed E-state index contributed by atoms with van der Waals surface area (Å²) in [5, 5.41) is 5.98. The number of fused-ring (bicyclic) bond motifs is 1. The summed E-state index contributed by atoms with van der Waals surface area (Å²) in [5.41, 5.74) is 5.72. The van der Waals surface area contributed by atoms with Gasteiger partial charge in [-0.3, -0.25) is 0 Å². The van der Waals surface area contributed by atoms with Crippen molar-refractivity contribution < 1.29 is 0 Å². The molecule has 0 unspecified atom stereocenters. The van der Waals surface area contributed by atoms with Gasteiger partial charge < -0.3 is 0 Å². The molecule has 0 heterocycles. The van der Waals surface area contributed by atoms with Crippen molar-refractivity contribution in [3.8, 4) is 0 Å². The average Bonchev–Trinajstić information content (AvgIpc) is 3.02. The molecule has 0 saturated heterocycles. The van der Waals surface area contributed by atoms with E-state index < -0.39 is 15.8 Å². The lowest BCUT2D eigenvalue weighted by atomic mass is 10.1. The fourth-order valence-electron chi connectivity index (χ4n) is 5.49. The van der Waals surface area contributed by atoms with Gasteiger partial charge >= 0.3 is 0 Å². The summed E-state index contributed by atoms with van der Waals surface area (Å²) in [6.07, 6.45) is 4.37. The zero-order valence-corrected chi connectivity index (χ0v) is 24.5. The Morgan fingerprint density at radius 1 is 0.325 bits per heavy atom. The van der Waals surface area contributed by atoms with Crippen molar-refractivity contribution in [2.45, 2.75) is 24.6 Å². The normalized spacial score (nSPS) is 11.3. The highest BCUT2D eigenvalue weighted by molar-refractivity contribution is 7.71. The summed E-state index contributed by atoms with van der Waals surface area (Å²) < 4.78 is 0. The molecule has 0 N–H and O–H groups in total. The Bertz CT molecular complexity index is 1550. The highest BCUT2D eigenvalue weighted by Crippen LogP contribution is 2.49. The first-order chi connectivity index (χ1) is 19.8. The maximum absolute atomic E-state index is 2.49. The number of rotatable bonds is 10. The van der Waals surface area contributed by atoms with E-state index in [4.69, 9.17) is 0 Å². The molecule has 0 aliphatic heterocycles. The third-order valence-corrected chi connectivity index (χ3v) is 12.7. The van der Waals surface area contributed by atoms with E-state index in [0.29, 0.717) is 0 Å². The second kappa shape index (κ2) is 13.2. The first-order valence-corrected chi connectivity index (χ1v) is 17.4. The Labute approximate surface area is 241 Å². The van der Waals surface area contributed by atoms with Crippen molar-refractivity contribution in [2.24, 2.45) is 0 Å². The van der Waals surface area contributed by atoms with Crippen molar-refractivity contribution in [1.29, 1.82) is 0 Å². The van der Waals surface area contributed by atoms with Gasteiger partial charge in [-0.25, -0.2) is 0 Å². The molecule has 0 fully saturated rings. The van der Waals surface area contributed by atoms with Crippen molar-refractivity contribution in [3.63, 3.8) is 0 Å². The standard InChI is InChI=1S/C38H34P2/c1-5-15-31(16-6-1)27-39(28-32-17-7-2-8-18-32)37-26-25-35-23-13-14-24-36(35)38(37)40(29-33-19-9-3-10-20-33)30-34-21-11-4-12-22-34/h1-26H,27-30H2. The van der Waals surface area contributed by atoms with E-state index in [1.54, 1.807) is 10.6 Å². The van der Waals surface area contributed by atoms with E-state index in [1.165, 1.54) is 33.0 Å². The van der Waals surface area contributed by atoms with Crippen LogP contribution in [0.2, 0.25) is 0 Å². The summed E-state index contributed by atoms with van der Waals surface area (Å²) in [6, 6.07) is 58.4. The lowest BCUT2D eigenvalue weighted by Gasteiger charge is -2.28. The number of hydrogen-bond donors (Lipinski definition) is 0. The van der Waals surface area contributed by atoms with Gasteiger partial charge in [-0.2, -0.15) is 0 Å². The van der Waals surface area contributed by atoms with Gasteiger partial charge in [0.2, 0.25) is 0 Å². The van der Waals surface area contributed by atoms with Crippen LogP contribution in [0.25, 0.3) is 10.8 Å². The van der Waals surface area contributed by atoms with Gasteiger partial charge in [0.05, 0.1) is 0 Å². The third kappa shape index (κ3) is 6.59. The molecule has 2 heteroatoms. The zero-order valence-electron chi connectivity index (χ0n) is 22.7. The lowest BCUT2D eigenvalue weighted by molar-refractivity contribution is 1.33. The first kappa shape index (κ1) is 26.7. The zero-order chi connectivity index (χ0) is 27.0. The molecule has 40 heavy (non-hydrogen) atoms. The Kier molecular flexibility index (Phi) is 8.79. The van der Waals surface area contributed by atoms with Crippen LogP contribution in [0.15, 0.2) is 158 Å². The monoisotopic (exact) mass is 552 g/mol. The van der Waals surface area contributed by atoms with Gasteiger partial charge in [-0.1, -0.05) is 174 Å².